The predicted molar refractivity (Wildman–Crippen MR) is 73.7 cm³/mol. The Morgan fingerprint density at radius 3 is 2.85 bits per heavy atom. The summed E-state index contributed by atoms with van der Waals surface area (Å²) < 4.78 is 10.4. The SMILES string of the molecule is Cc1ccccc1OCC(O)CNC(=O)c1ccco1. The maximum atomic E-state index is 11.6. The van der Waals surface area contributed by atoms with Crippen LogP contribution < -0.4 is 10.1 Å². The van der Waals surface area contributed by atoms with Crippen LogP contribution in [0, 0.1) is 6.92 Å². The Morgan fingerprint density at radius 2 is 2.15 bits per heavy atom. The molecule has 2 N–H and O–H groups in total. The normalized spacial score (nSPS) is 11.9. The van der Waals surface area contributed by atoms with E-state index in [0.717, 1.165) is 11.3 Å². The van der Waals surface area contributed by atoms with Crippen LogP contribution in [0.5, 0.6) is 5.75 Å². The van der Waals surface area contributed by atoms with Gasteiger partial charge in [-0.25, -0.2) is 0 Å². The molecule has 1 unspecified atom stereocenters. The Labute approximate surface area is 117 Å². The summed E-state index contributed by atoms with van der Waals surface area (Å²) in [6.07, 6.45) is 0.639. The second kappa shape index (κ2) is 6.77. The van der Waals surface area contributed by atoms with Crippen LogP contribution in [0.1, 0.15) is 16.1 Å². The fraction of sp³-hybridized carbons (Fsp3) is 0.267. The number of carbonyl (C=O) groups is 1. The molecule has 1 atom stereocenters. The van der Waals surface area contributed by atoms with Gasteiger partial charge in [0.05, 0.1) is 6.26 Å². The molecular weight excluding hydrogens is 258 g/mol. The summed E-state index contributed by atoms with van der Waals surface area (Å²) in [5.74, 6) is 0.589. The lowest BCUT2D eigenvalue weighted by Crippen LogP contribution is -2.35. The van der Waals surface area contributed by atoms with Gasteiger partial charge in [-0.15, -0.1) is 0 Å². The van der Waals surface area contributed by atoms with Crippen molar-refractivity contribution in [1.29, 1.82) is 0 Å². The highest BCUT2D eigenvalue weighted by atomic mass is 16.5. The second-order valence-corrected chi connectivity index (χ2v) is 4.42. The number of amides is 1. The first kappa shape index (κ1) is 14.1. The van der Waals surface area contributed by atoms with Crippen molar-refractivity contribution in [1.82, 2.24) is 5.32 Å². The van der Waals surface area contributed by atoms with Crippen LogP contribution in [0.3, 0.4) is 0 Å². The Morgan fingerprint density at radius 1 is 1.35 bits per heavy atom. The molecule has 5 heteroatoms. The molecule has 106 valence electrons. The third-order valence-electron chi connectivity index (χ3n) is 2.77. The number of aryl methyl sites for hydroxylation is 1. The minimum absolute atomic E-state index is 0.103. The first-order valence-electron chi connectivity index (χ1n) is 6.35. The van der Waals surface area contributed by atoms with E-state index in [-0.39, 0.29) is 24.8 Å². The molecule has 2 aromatic rings. The molecule has 0 saturated heterocycles. The minimum Gasteiger partial charge on any atom is -0.491 e. The number of rotatable bonds is 6. The Kier molecular flexibility index (Phi) is 4.79. The number of hydrogen-bond donors (Lipinski definition) is 2. The van der Waals surface area contributed by atoms with Gasteiger partial charge in [0.15, 0.2) is 5.76 Å². The molecule has 0 fully saturated rings. The van der Waals surface area contributed by atoms with Crippen LogP contribution in [0.2, 0.25) is 0 Å². The summed E-state index contributed by atoms with van der Waals surface area (Å²) >= 11 is 0. The van der Waals surface area contributed by atoms with Gasteiger partial charge in [0.1, 0.15) is 18.5 Å². The summed E-state index contributed by atoms with van der Waals surface area (Å²) in [5.41, 5.74) is 0.999. The number of furan rings is 1. The first-order valence-corrected chi connectivity index (χ1v) is 6.35. The van der Waals surface area contributed by atoms with Crippen molar-refractivity contribution in [3.05, 3.63) is 54.0 Å². The zero-order chi connectivity index (χ0) is 14.4. The summed E-state index contributed by atoms with van der Waals surface area (Å²) in [4.78, 5) is 11.6. The third-order valence-corrected chi connectivity index (χ3v) is 2.77. The van der Waals surface area contributed by atoms with Crippen LogP contribution >= 0.6 is 0 Å². The van der Waals surface area contributed by atoms with Crippen molar-refractivity contribution in [3.63, 3.8) is 0 Å². The largest absolute Gasteiger partial charge is 0.491 e. The lowest BCUT2D eigenvalue weighted by Gasteiger charge is -2.14. The minimum atomic E-state index is -0.784. The number of hydrogen-bond acceptors (Lipinski definition) is 4. The average Bonchev–Trinajstić information content (AvgIpc) is 2.98. The maximum absolute atomic E-state index is 11.6. The standard InChI is InChI=1S/C15H17NO4/c1-11-5-2-3-6-13(11)20-10-12(17)9-16-15(18)14-7-4-8-19-14/h2-8,12,17H,9-10H2,1H3,(H,16,18). The lowest BCUT2D eigenvalue weighted by atomic mass is 10.2. The number of nitrogens with one attached hydrogen (secondary N) is 1. The molecule has 0 saturated carbocycles. The van der Waals surface area contributed by atoms with E-state index in [1.54, 1.807) is 12.1 Å². The van der Waals surface area contributed by atoms with Gasteiger partial charge in [-0.1, -0.05) is 18.2 Å². The molecular formula is C15H17NO4. The van der Waals surface area contributed by atoms with Crippen LogP contribution in [0.4, 0.5) is 0 Å². The molecule has 1 aromatic heterocycles. The molecule has 1 aromatic carbocycles. The van der Waals surface area contributed by atoms with Gasteiger partial charge in [0, 0.05) is 6.54 Å². The molecule has 0 aliphatic heterocycles. The van der Waals surface area contributed by atoms with Gasteiger partial charge in [-0.2, -0.15) is 0 Å². The first-order chi connectivity index (χ1) is 9.66. The number of carbonyl (C=O) groups excluding carboxylic acids is 1. The van der Waals surface area contributed by atoms with Crippen LogP contribution in [-0.4, -0.2) is 30.3 Å². The van der Waals surface area contributed by atoms with Crippen molar-refractivity contribution >= 4 is 5.91 Å². The monoisotopic (exact) mass is 275 g/mol. The second-order valence-electron chi connectivity index (χ2n) is 4.42. The van der Waals surface area contributed by atoms with E-state index in [0.29, 0.717) is 0 Å². The quantitative estimate of drug-likeness (QED) is 0.842. The fourth-order valence-corrected chi connectivity index (χ4v) is 1.67. The van der Waals surface area contributed by atoms with Gasteiger partial charge in [-0.05, 0) is 30.7 Å². The van der Waals surface area contributed by atoms with E-state index in [9.17, 15) is 9.90 Å². The van der Waals surface area contributed by atoms with Crippen molar-refractivity contribution in [2.45, 2.75) is 13.0 Å². The molecule has 20 heavy (non-hydrogen) atoms. The molecule has 0 radical (unpaired) electrons. The Bertz CT molecular complexity index is 551. The Balaban J connectivity index is 1.74. The van der Waals surface area contributed by atoms with Crippen molar-refractivity contribution in [3.8, 4) is 5.75 Å². The smallest absolute Gasteiger partial charge is 0.287 e. The molecule has 0 bridgehead atoms. The summed E-state index contributed by atoms with van der Waals surface area (Å²) in [5, 5.41) is 12.4. The highest BCUT2D eigenvalue weighted by molar-refractivity contribution is 5.91. The number of aliphatic hydroxyl groups is 1. The molecule has 5 nitrogen and oxygen atoms in total. The number of benzene rings is 1. The molecule has 0 aliphatic carbocycles. The van der Waals surface area contributed by atoms with E-state index in [1.807, 2.05) is 31.2 Å². The zero-order valence-electron chi connectivity index (χ0n) is 11.2. The molecule has 0 spiro atoms. The van der Waals surface area contributed by atoms with Crippen molar-refractivity contribution in [2.75, 3.05) is 13.2 Å². The lowest BCUT2D eigenvalue weighted by molar-refractivity contribution is 0.0821. The van der Waals surface area contributed by atoms with Crippen LogP contribution in [-0.2, 0) is 0 Å². The topological polar surface area (TPSA) is 71.7 Å². The molecule has 1 heterocycles. The zero-order valence-corrected chi connectivity index (χ0v) is 11.2. The number of aliphatic hydroxyl groups excluding tert-OH is 1. The highest BCUT2D eigenvalue weighted by Gasteiger charge is 2.11. The molecule has 2 rings (SSSR count). The van der Waals surface area contributed by atoms with Crippen LogP contribution in [0.15, 0.2) is 47.1 Å². The van der Waals surface area contributed by atoms with Crippen molar-refractivity contribution < 1.29 is 19.1 Å². The highest BCUT2D eigenvalue weighted by Crippen LogP contribution is 2.16. The molecule has 1 amide bonds. The summed E-state index contributed by atoms with van der Waals surface area (Å²) in [6.45, 7) is 2.15. The Hall–Kier alpha value is -2.27. The predicted octanol–water partition coefficient (Wildman–Crippen LogP) is 1.76. The van der Waals surface area contributed by atoms with E-state index in [2.05, 4.69) is 5.32 Å². The van der Waals surface area contributed by atoms with Gasteiger partial charge in [0.2, 0.25) is 0 Å². The number of para-hydroxylation sites is 1. The summed E-state index contributed by atoms with van der Waals surface area (Å²) in [6, 6.07) is 10.7. The van der Waals surface area contributed by atoms with E-state index in [4.69, 9.17) is 9.15 Å². The van der Waals surface area contributed by atoms with Gasteiger partial charge in [0.25, 0.3) is 5.91 Å². The van der Waals surface area contributed by atoms with E-state index < -0.39 is 6.10 Å². The summed E-state index contributed by atoms with van der Waals surface area (Å²) in [7, 11) is 0. The van der Waals surface area contributed by atoms with Crippen LogP contribution in [0.25, 0.3) is 0 Å². The van der Waals surface area contributed by atoms with Gasteiger partial charge >= 0.3 is 0 Å². The average molecular weight is 275 g/mol. The maximum Gasteiger partial charge on any atom is 0.287 e. The van der Waals surface area contributed by atoms with Gasteiger partial charge in [-0.3, -0.25) is 4.79 Å². The van der Waals surface area contributed by atoms with Crippen molar-refractivity contribution in [2.24, 2.45) is 0 Å². The van der Waals surface area contributed by atoms with E-state index >= 15 is 0 Å². The number of ether oxygens (including phenoxy) is 1. The van der Waals surface area contributed by atoms with Gasteiger partial charge < -0.3 is 19.6 Å². The third kappa shape index (κ3) is 3.86. The fourth-order valence-electron chi connectivity index (χ4n) is 1.67. The molecule has 0 aliphatic rings. The van der Waals surface area contributed by atoms with E-state index in [1.165, 1.54) is 6.26 Å².